The van der Waals surface area contributed by atoms with Crippen molar-refractivity contribution in [1.29, 1.82) is 0 Å². The van der Waals surface area contributed by atoms with Gasteiger partial charge in [-0.2, -0.15) is 0 Å². The van der Waals surface area contributed by atoms with Crippen LogP contribution in [0.25, 0.3) is 11.0 Å². The van der Waals surface area contributed by atoms with Gasteiger partial charge in [-0.25, -0.2) is 14.8 Å². The maximum atomic E-state index is 12.0. The van der Waals surface area contributed by atoms with Crippen molar-refractivity contribution in [2.75, 3.05) is 13.4 Å². The average Bonchev–Trinajstić information content (AvgIpc) is 2.44. The molecule has 0 bridgehead atoms. The first-order valence-electron chi connectivity index (χ1n) is 5.58. The van der Waals surface area contributed by atoms with Crippen molar-refractivity contribution >= 4 is 28.8 Å². The summed E-state index contributed by atoms with van der Waals surface area (Å²) in [7, 11) is 1.29. The molecule has 1 atom stereocenters. The molecule has 0 aliphatic heterocycles. The molecule has 0 saturated heterocycles. The summed E-state index contributed by atoms with van der Waals surface area (Å²) in [6.07, 6.45) is 3.48. The Bertz CT molecular complexity index is 683. The minimum absolute atomic E-state index is 0.295. The number of esters is 1. The first-order valence-corrected chi connectivity index (χ1v) is 6.81. The van der Waals surface area contributed by atoms with Crippen molar-refractivity contribution < 1.29 is 9.53 Å². The van der Waals surface area contributed by atoms with Crippen molar-refractivity contribution in [3.05, 3.63) is 28.7 Å². The molecule has 0 aliphatic carbocycles. The Morgan fingerprint density at radius 1 is 1.47 bits per heavy atom. The molecule has 2 rings (SSSR count). The lowest BCUT2D eigenvalue weighted by atomic mass is 10.2. The van der Waals surface area contributed by atoms with Crippen LogP contribution >= 0.6 is 11.8 Å². The number of pyridine rings is 1. The molecule has 2 aromatic rings. The van der Waals surface area contributed by atoms with E-state index in [1.54, 1.807) is 19.2 Å². The van der Waals surface area contributed by atoms with E-state index >= 15 is 0 Å². The van der Waals surface area contributed by atoms with E-state index < -0.39 is 12.0 Å². The van der Waals surface area contributed by atoms with E-state index in [1.807, 2.05) is 6.26 Å². The van der Waals surface area contributed by atoms with Gasteiger partial charge in [-0.15, -0.1) is 0 Å². The highest BCUT2D eigenvalue weighted by atomic mass is 32.2. The minimum Gasteiger partial charge on any atom is -0.467 e. The number of hydrogen-bond donors (Lipinski definition) is 0. The quantitative estimate of drug-likeness (QED) is 0.478. The predicted molar refractivity (Wildman–Crippen MR) is 72.3 cm³/mol. The van der Waals surface area contributed by atoms with Crippen LogP contribution in [0.4, 0.5) is 0 Å². The first-order chi connectivity index (χ1) is 9.08. The normalized spacial score (nSPS) is 12.4. The highest BCUT2D eigenvalue weighted by molar-refractivity contribution is 7.98. The lowest BCUT2D eigenvalue weighted by Crippen LogP contribution is -2.29. The van der Waals surface area contributed by atoms with Crippen LogP contribution in [0.3, 0.4) is 0 Å². The van der Waals surface area contributed by atoms with Gasteiger partial charge >= 0.3 is 5.97 Å². The number of fused-ring (bicyclic) bond motifs is 1. The van der Waals surface area contributed by atoms with Gasteiger partial charge in [-0.1, -0.05) is 11.8 Å². The summed E-state index contributed by atoms with van der Waals surface area (Å²) in [6, 6.07) is 2.30. The third kappa shape index (κ3) is 2.46. The van der Waals surface area contributed by atoms with Crippen LogP contribution in [0.1, 0.15) is 13.0 Å². The second-order valence-electron chi connectivity index (χ2n) is 3.88. The molecule has 0 aliphatic rings. The number of hydrogen-bond acceptors (Lipinski definition) is 6. The van der Waals surface area contributed by atoms with Gasteiger partial charge in [-0.3, -0.25) is 9.36 Å². The standard InChI is InChI=1S/C12H13N3O3S/c1-7(11(17)18-2)15-9(16)5-4-8-6-13-12(19-3)14-10(8)15/h4-7H,1-3H3. The molecule has 2 aromatic heterocycles. The molecule has 0 spiro atoms. The van der Waals surface area contributed by atoms with E-state index in [9.17, 15) is 9.59 Å². The van der Waals surface area contributed by atoms with E-state index in [0.29, 0.717) is 16.2 Å². The van der Waals surface area contributed by atoms with Gasteiger partial charge in [0.15, 0.2) is 5.16 Å². The largest absolute Gasteiger partial charge is 0.467 e. The topological polar surface area (TPSA) is 74.1 Å². The summed E-state index contributed by atoms with van der Waals surface area (Å²) in [5.74, 6) is -0.487. The SMILES string of the molecule is COC(=O)C(C)n1c(=O)ccc2cnc(SC)nc21. The van der Waals surface area contributed by atoms with E-state index in [4.69, 9.17) is 0 Å². The van der Waals surface area contributed by atoms with Crippen LogP contribution in [0, 0.1) is 0 Å². The van der Waals surface area contributed by atoms with Crippen molar-refractivity contribution in [2.24, 2.45) is 0 Å². The van der Waals surface area contributed by atoms with Gasteiger partial charge in [0.25, 0.3) is 5.56 Å². The Hall–Kier alpha value is -1.89. The van der Waals surface area contributed by atoms with Crippen molar-refractivity contribution in [2.45, 2.75) is 18.1 Å². The lowest BCUT2D eigenvalue weighted by molar-refractivity contribution is -0.144. The van der Waals surface area contributed by atoms with Gasteiger partial charge in [0.05, 0.1) is 7.11 Å². The fraction of sp³-hybridized carbons (Fsp3) is 0.333. The summed E-state index contributed by atoms with van der Waals surface area (Å²) < 4.78 is 6.00. The number of nitrogens with zero attached hydrogens (tertiary/aromatic N) is 3. The molecule has 0 radical (unpaired) electrons. The molecular weight excluding hydrogens is 266 g/mol. The third-order valence-electron chi connectivity index (χ3n) is 2.76. The summed E-state index contributed by atoms with van der Waals surface area (Å²) in [5, 5.41) is 1.25. The Labute approximate surface area is 113 Å². The number of ether oxygens (including phenoxy) is 1. The third-order valence-corrected chi connectivity index (χ3v) is 3.32. The number of aromatic nitrogens is 3. The smallest absolute Gasteiger partial charge is 0.328 e. The maximum Gasteiger partial charge on any atom is 0.328 e. The fourth-order valence-electron chi connectivity index (χ4n) is 1.77. The highest BCUT2D eigenvalue weighted by Gasteiger charge is 2.19. The Balaban J connectivity index is 2.73. The second-order valence-corrected chi connectivity index (χ2v) is 4.65. The number of thioether (sulfide) groups is 1. The van der Waals surface area contributed by atoms with Crippen LogP contribution in [0.5, 0.6) is 0 Å². The summed E-state index contributed by atoms with van der Waals surface area (Å²) in [5.41, 5.74) is 0.140. The van der Waals surface area contributed by atoms with Crippen LogP contribution in [0.15, 0.2) is 28.3 Å². The molecule has 0 aromatic carbocycles. The number of methoxy groups -OCH3 is 1. The summed E-state index contributed by atoms with van der Waals surface area (Å²) >= 11 is 1.37. The molecule has 0 saturated carbocycles. The molecule has 0 N–H and O–H groups in total. The Morgan fingerprint density at radius 3 is 2.84 bits per heavy atom. The molecule has 1 unspecified atom stereocenters. The monoisotopic (exact) mass is 279 g/mol. The second kappa shape index (κ2) is 5.40. The minimum atomic E-state index is -0.731. The fourth-order valence-corrected chi connectivity index (χ4v) is 2.11. The molecule has 7 heteroatoms. The van der Waals surface area contributed by atoms with Gasteiger partial charge in [-0.05, 0) is 19.2 Å². The zero-order chi connectivity index (χ0) is 14.0. The maximum absolute atomic E-state index is 12.0. The molecule has 2 heterocycles. The Kier molecular flexibility index (Phi) is 3.84. The van der Waals surface area contributed by atoms with Crippen LogP contribution in [0.2, 0.25) is 0 Å². The Morgan fingerprint density at radius 2 is 2.21 bits per heavy atom. The molecule has 6 nitrogen and oxygen atoms in total. The zero-order valence-electron chi connectivity index (χ0n) is 10.8. The molecule has 100 valence electrons. The summed E-state index contributed by atoms with van der Waals surface area (Å²) in [4.78, 5) is 32.1. The lowest BCUT2D eigenvalue weighted by Gasteiger charge is -2.14. The van der Waals surface area contributed by atoms with E-state index in [2.05, 4.69) is 14.7 Å². The number of carbonyl (C=O) groups is 1. The number of rotatable bonds is 3. The van der Waals surface area contributed by atoms with Crippen molar-refractivity contribution in [3.63, 3.8) is 0 Å². The summed E-state index contributed by atoms with van der Waals surface area (Å²) in [6.45, 7) is 1.60. The van der Waals surface area contributed by atoms with E-state index in [-0.39, 0.29) is 5.56 Å². The van der Waals surface area contributed by atoms with Crippen molar-refractivity contribution in [1.82, 2.24) is 14.5 Å². The molecule has 0 fully saturated rings. The van der Waals surface area contributed by atoms with Gasteiger partial charge in [0.1, 0.15) is 11.7 Å². The molecule has 19 heavy (non-hydrogen) atoms. The van der Waals surface area contributed by atoms with Gasteiger partial charge in [0.2, 0.25) is 0 Å². The predicted octanol–water partition coefficient (Wildman–Crippen LogP) is 1.25. The van der Waals surface area contributed by atoms with E-state index in [1.165, 1.54) is 29.5 Å². The number of carbonyl (C=O) groups excluding carboxylic acids is 1. The van der Waals surface area contributed by atoms with Gasteiger partial charge in [0, 0.05) is 17.6 Å². The van der Waals surface area contributed by atoms with E-state index in [0.717, 1.165) is 0 Å². The first kappa shape index (κ1) is 13.5. The van der Waals surface area contributed by atoms with Crippen molar-refractivity contribution in [3.8, 4) is 0 Å². The highest BCUT2D eigenvalue weighted by Crippen LogP contribution is 2.17. The van der Waals surface area contributed by atoms with Crippen LogP contribution in [-0.4, -0.2) is 33.9 Å². The zero-order valence-corrected chi connectivity index (χ0v) is 11.6. The molecular formula is C12H13N3O3S. The average molecular weight is 279 g/mol. The van der Waals surface area contributed by atoms with Crippen LogP contribution in [-0.2, 0) is 9.53 Å². The molecule has 0 amide bonds. The van der Waals surface area contributed by atoms with Crippen LogP contribution < -0.4 is 5.56 Å². The van der Waals surface area contributed by atoms with Gasteiger partial charge < -0.3 is 4.74 Å².